The summed E-state index contributed by atoms with van der Waals surface area (Å²) >= 11 is 0. The number of pyridine rings is 6. The minimum Gasteiger partial charge on any atom is -0.347 e. The highest BCUT2D eigenvalue weighted by Crippen LogP contribution is 2.37. The van der Waals surface area contributed by atoms with Gasteiger partial charge in [-0.15, -0.1) is 12.8 Å². The van der Waals surface area contributed by atoms with Crippen LogP contribution in [0.2, 0.25) is 0 Å². The first kappa shape index (κ1) is 58.3. The van der Waals surface area contributed by atoms with Gasteiger partial charge in [-0.3, -0.25) is 14.4 Å². The molecule has 21 nitrogen and oxygen atoms in total. The summed E-state index contributed by atoms with van der Waals surface area (Å²) in [7, 11) is 0. The molecule has 15 rings (SSSR count). The minimum atomic E-state index is 0.243. The van der Waals surface area contributed by atoms with Crippen molar-refractivity contribution in [3.05, 3.63) is 162 Å². The maximum absolute atomic E-state index is 12.9. The quantitative estimate of drug-likeness (QED) is 0.0929. The number of fused-ring (bicyclic) bond motifs is 9. The summed E-state index contributed by atoms with van der Waals surface area (Å²) in [5.41, 5.74) is 8.74. The summed E-state index contributed by atoms with van der Waals surface area (Å²) < 4.78 is 5.41. The first-order valence-electron chi connectivity index (χ1n) is 31.4. The molecule has 21 heteroatoms. The monoisotopic (exact) mass is 1190 g/mol. The van der Waals surface area contributed by atoms with Crippen LogP contribution in [0.15, 0.2) is 129 Å². The summed E-state index contributed by atoms with van der Waals surface area (Å²) in [5.74, 6) is 8.97. The smallest absolute Gasteiger partial charge is 0.222 e. The van der Waals surface area contributed by atoms with Crippen LogP contribution in [-0.4, -0.2) is 167 Å². The molecule has 0 spiro atoms. The van der Waals surface area contributed by atoms with Crippen molar-refractivity contribution in [1.82, 2.24) is 73.4 Å². The van der Waals surface area contributed by atoms with Gasteiger partial charge in [-0.05, 0) is 155 Å². The highest BCUT2D eigenvalue weighted by molar-refractivity contribution is 5.78. The molecule has 0 N–H and O–H groups in total. The van der Waals surface area contributed by atoms with E-state index in [2.05, 4.69) is 108 Å². The lowest BCUT2D eigenvalue weighted by Gasteiger charge is -2.42. The normalized spacial score (nSPS) is 20.7. The standard InChI is InChI=1S/2C23H24N6O.C22H26N6O/c1-2-17-8-11-21(24-13-17)29-19-9-10-20(29)15-27(14-19)22(30)7-3-5-18-6-4-12-28-23(18)25-16-26-28;1-2-17-9-12-21(24-13-17)28-19-10-11-20(28)15-27(14-19)23(30)8-4-6-18-5-3-7-22-25-16-26-29(18)22;1-16-7-10-20(23-12-16)28-18-8-9-19(28)14-26(13-18)21(29)6-2-4-17-5-3-11-27-22(17)24-15-25-27/h1,4,6,8,11-13,16,19-20H,3,5,7,9-10,14-15H2;1,3,5,7,9,12-13,16,19-20H,4,6,8,10-11,14-15H2;3,5,7,10-12,15,18-19H,2,4,6,8-9,13-14H2,1H3. The molecule has 0 aliphatic carbocycles. The molecule has 454 valence electrons. The molecular formula is C68H74N18O3. The van der Waals surface area contributed by atoms with Crippen LogP contribution in [0.25, 0.3) is 16.9 Å². The molecule has 6 bridgehead atoms. The van der Waals surface area contributed by atoms with Crippen LogP contribution in [0.4, 0.5) is 17.5 Å². The molecule has 6 aliphatic heterocycles. The van der Waals surface area contributed by atoms with Crippen molar-refractivity contribution in [2.45, 2.75) is 139 Å². The molecule has 0 aromatic carbocycles. The van der Waals surface area contributed by atoms with Gasteiger partial charge in [0.25, 0.3) is 0 Å². The van der Waals surface area contributed by atoms with Gasteiger partial charge in [0.05, 0.1) is 0 Å². The molecule has 0 saturated carbocycles. The number of carbonyl (C=O) groups is 3. The van der Waals surface area contributed by atoms with Crippen molar-refractivity contribution in [1.29, 1.82) is 0 Å². The Morgan fingerprint density at radius 1 is 0.461 bits per heavy atom. The molecule has 6 saturated heterocycles. The van der Waals surface area contributed by atoms with Crippen molar-refractivity contribution >= 4 is 52.1 Å². The van der Waals surface area contributed by atoms with Crippen molar-refractivity contribution in [3.63, 3.8) is 0 Å². The summed E-state index contributed by atoms with van der Waals surface area (Å²) in [6.07, 6.45) is 38.1. The van der Waals surface area contributed by atoms with E-state index in [4.69, 9.17) is 12.8 Å². The Bertz CT molecular complexity index is 3820. The van der Waals surface area contributed by atoms with Gasteiger partial charge in [0.2, 0.25) is 17.7 Å². The lowest BCUT2D eigenvalue weighted by Crippen LogP contribution is -2.55. The van der Waals surface area contributed by atoms with Gasteiger partial charge >= 0.3 is 0 Å². The van der Waals surface area contributed by atoms with Crippen molar-refractivity contribution < 1.29 is 14.4 Å². The van der Waals surface area contributed by atoms with E-state index in [9.17, 15) is 14.4 Å². The van der Waals surface area contributed by atoms with E-state index in [1.807, 2.05) is 87.5 Å². The Balaban J connectivity index is 0.000000123. The van der Waals surface area contributed by atoms with Crippen LogP contribution in [0.3, 0.4) is 0 Å². The third-order valence-corrected chi connectivity index (χ3v) is 18.7. The van der Waals surface area contributed by atoms with E-state index in [0.29, 0.717) is 55.5 Å². The molecule has 6 atom stereocenters. The van der Waals surface area contributed by atoms with Crippen LogP contribution < -0.4 is 14.7 Å². The van der Waals surface area contributed by atoms with Gasteiger partial charge < -0.3 is 29.4 Å². The van der Waals surface area contributed by atoms with Crippen molar-refractivity contribution in [2.75, 3.05) is 54.0 Å². The van der Waals surface area contributed by atoms with E-state index < -0.39 is 0 Å². The minimum absolute atomic E-state index is 0.243. The van der Waals surface area contributed by atoms with E-state index in [1.165, 1.54) is 5.56 Å². The lowest BCUT2D eigenvalue weighted by molar-refractivity contribution is -0.133. The zero-order valence-electron chi connectivity index (χ0n) is 50.4. The molecule has 3 amide bonds. The van der Waals surface area contributed by atoms with Gasteiger partial charge in [-0.2, -0.15) is 15.3 Å². The lowest BCUT2D eigenvalue weighted by atomic mass is 10.1. The zero-order valence-corrected chi connectivity index (χ0v) is 50.4. The number of likely N-dealkylation sites (tertiary alicyclic amines) is 3. The summed E-state index contributed by atoms with van der Waals surface area (Å²) in [6, 6.07) is 28.3. The fraction of sp³-hybridized carbons (Fsp3) is 0.412. The number of amides is 3. The first-order valence-corrected chi connectivity index (χ1v) is 31.4. The third-order valence-electron chi connectivity index (χ3n) is 18.7. The summed E-state index contributed by atoms with van der Waals surface area (Å²) in [6.45, 7) is 6.77. The summed E-state index contributed by atoms with van der Waals surface area (Å²) in [4.78, 5) is 78.6. The van der Waals surface area contributed by atoms with Gasteiger partial charge in [-0.25, -0.2) is 43.5 Å². The van der Waals surface area contributed by atoms with E-state index in [0.717, 1.165) is 179 Å². The van der Waals surface area contributed by atoms with Gasteiger partial charge in [-0.1, -0.05) is 36.1 Å². The first-order chi connectivity index (χ1) is 43.6. The van der Waals surface area contributed by atoms with Crippen LogP contribution in [0.1, 0.15) is 111 Å². The highest BCUT2D eigenvalue weighted by atomic mass is 16.2. The molecule has 9 aromatic heterocycles. The second-order valence-electron chi connectivity index (χ2n) is 24.3. The topological polar surface area (TPSA) is 200 Å². The Hall–Kier alpha value is -9.76. The van der Waals surface area contributed by atoms with Crippen LogP contribution in [0.5, 0.6) is 0 Å². The molecule has 9 aromatic rings. The molecule has 6 aliphatic rings. The maximum atomic E-state index is 12.9. The van der Waals surface area contributed by atoms with Gasteiger partial charge in [0, 0.05) is 143 Å². The number of nitrogens with zero attached hydrogens (tertiary/aromatic N) is 18. The predicted octanol–water partition coefficient (Wildman–Crippen LogP) is 7.25. The fourth-order valence-electron chi connectivity index (χ4n) is 14.3. The second kappa shape index (κ2) is 26.3. The van der Waals surface area contributed by atoms with Gasteiger partial charge in [0.1, 0.15) is 36.4 Å². The molecule has 89 heavy (non-hydrogen) atoms. The average molecular weight is 1190 g/mol. The third kappa shape index (κ3) is 12.7. The van der Waals surface area contributed by atoms with Gasteiger partial charge in [0.15, 0.2) is 16.9 Å². The number of rotatable bonds is 15. The average Bonchev–Trinajstić information content (AvgIpc) is 3.04. The number of hydrogen-bond acceptors (Lipinski definition) is 15. The van der Waals surface area contributed by atoms with Crippen molar-refractivity contribution in [3.8, 4) is 24.7 Å². The Labute approximate surface area is 518 Å². The highest BCUT2D eigenvalue weighted by Gasteiger charge is 2.44. The number of anilines is 3. The number of terminal acetylenes is 2. The number of hydrogen-bond donors (Lipinski definition) is 0. The number of piperazine rings is 3. The molecule has 15 heterocycles. The second-order valence-corrected chi connectivity index (χ2v) is 24.3. The number of carbonyl (C=O) groups excluding carboxylic acids is 3. The fourth-order valence-corrected chi connectivity index (χ4v) is 14.3. The Morgan fingerprint density at radius 3 is 1.28 bits per heavy atom. The molecule has 6 fully saturated rings. The molecule has 0 radical (unpaired) electrons. The van der Waals surface area contributed by atoms with E-state index in [-0.39, 0.29) is 17.7 Å². The van der Waals surface area contributed by atoms with E-state index in [1.54, 1.807) is 40.4 Å². The molecule has 6 unspecified atom stereocenters. The zero-order chi connectivity index (χ0) is 60.8. The van der Waals surface area contributed by atoms with Crippen molar-refractivity contribution in [2.24, 2.45) is 0 Å². The van der Waals surface area contributed by atoms with Crippen LogP contribution >= 0.6 is 0 Å². The maximum Gasteiger partial charge on any atom is 0.222 e. The SMILES string of the molecule is C#Cc1ccc(N2C3CCC2CN(C(=O)CCCc2cccc4ncnn24)C3)nc1.C#Cc1ccc(N2C3CCC2CN(C(=O)CCCc2cccn4ncnc24)C3)nc1.Cc1ccc(N2C3CCC2CN(C(=O)CCCc2cccn4ncnc24)C3)nc1. The number of aromatic nitrogens is 12. The Kier molecular flexibility index (Phi) is 17.2. The van der Waals surface area contributed by atoms with Crippen LogP contribution in [0, 0.1) is 31.6 Å². The summed E-state index contributed by atoms with van der Waals surface area (Å²) in [5, 5.41) is 12.6. The molecular weight excluding hydrogens is 1120 g/mol. The largest absolute Gasteiger partial charge is 0.347 e. The number of aryl methyl sites for hydroxylation is 4. The Morgan fingerprint density at radius 2 is 0.876 bits per heavy atom. The predicted molar refractivity (Wildman–Crippen MR) is 339 cm³/mol. The van der Waals surface area contributed by atoms with E-state index >= 15 is 0 Å². The van der Waals surface area contributed by atoms with Crippen LogP contribution in [-0.2, 0) is 33.6 Å².